The molecule has 0 amide bonds. The molecule has 1 unspecified atom stereocenters. The van der Waals surface area contributed by atoms with Crippen LogP contribution in [0.25, 0.3) is 0 Å². The first-order valence-corrected chi connectivity index (χ1v) is 6.69. The molecule has 2 aromatic rings. The van der Waals surface area contributed by atoms with Crippen molar-refractivity contribution in [1.82, 2.24) is 0 Å². The van der Waals surface area contributed by atoms with Gasteiger partial charge in [0.2, 0.25) is 0 Å². The molecule has 2 N–H and O–H groups in total. The second kappa shape index (κ2) is 6.54. The van der Waals surface area contributed by atoms with Crippen molar-refractivity contribution in [1.29, 1.82) is 0 Å². The SMILES string of the molecule is COc1cccc(COC(CN)c2cccs2)c1. The van der Waals surface area contributed by atoms with E-state index in [2.05, 4.69) is 0 Å². The van der Waals surface area contributed by atoms with Gasteiger partial charge >= 0.3 is 0 Å². The van der Waals surface area contributed by atoms with E-state index in [1.807, 2.05) is 41.8 Å². The third-order valence-corrected chi connectivity index (χ3v) is 3.62. The average molecular weight is 263 g/mol. The van der Waals surface area contributed by atoms with Gasteiger partial charge in [-0.3, -0.25) is 0 Å². The molecule has 1 atom stereocenters. The second-order valence-corrected chi connectivity index (χ2v) is 4.88. The molecular formula is C14H17NO2S. The Kier molecular flexibility index (Phi) is 4.75. The highest BCUT2D eigenvalue weighted by Gasteiger charge is 2.11. The van der Waals surface area contributed by atoms with Crippen molar-refractivity contribution in [3.05, 3.63) is 52.2 Å². The van der Waals surface area contributed by atoms with Gasteiger partial charge in [-0.15, -0.1) is 11.3 Å². The van der Waals surface area contributed by atoms with Gasteiger partial charge in [0.25, 0.3) is 0 Å². The van der Waals surface area contributed by atoms with Crippen LogP contribution < -0.4 is 10.5 Å². The summed E-state index contributed by atoms with van der Waals surface area (Å²) in [5.41, 5.74) is 6.83. The van der Waals surface area contributed by atoms with Crippen molar-refractivity contribution in [2.24, 2.45) is 5.73 Å². The van der Waals surface area contributed by atoms with Crippen LogP contribution in [0, 0.1) is 0 Å². The summed E-state index contributed by atoms with van der Waals surface area (Å²) in [6, 6.07) is 11.9. The van der Waals surface area contributed by atoms with E-state index in [0.29, 0.717) is 13.2 Å². The van der Waals surface area contributed by atoms with E-state index in [0.717, 1.165) is 11.3 Å². The van der Waals surface area contributed by atoms with E-state index < -0.39 is 0 Å². The Bertz CT molecular complexity index is 470. The van der Waals surface area contributed by atoms with E-state index in [1.54, 1.807) is 18.4 Å². The smallest absolute Gasteiger partial charge is 0.119 e. The first kappa shape index (κ1) is 13.1. The van der Waals surface area contributed by atoms with Crippen molar-refractivity contribution < 1.29 is 9.47 Å². The zero-order valence-corrected chi connectivity index (χ0v) is 11.2. The summed E-state index contributed by atoms with van der Waals surface area (Å²) >= 11 is 1.67. The molecule has 0 bridgehead atoms. The number of hydrogen-bond acceptors (Lipinski definition) is 4. The average Bonchev–Trinajstić information content (AvgIpc) is 2.94. The van der Waals surface area contributed by atoms with Crippen LogP contribution >= 0.6 is 11.3 Å². The van der Waals surface area contributed by atoms with Crippen molar-refractivity contribution in [3.8, 4) is 5.75 Å². The summed E-state index contributed by atoms with van der Waals surface area (Å²) in [5, 5.41) is 2.03. The topological polar surface area (TPSA) is 44.5 Å². The van der Waals surface area contributed by atoms with Gasteiger partial charge in [-0.25, -0.2) is 0 Å². The molecule has 0 aliphatic carbocycles. The molecule has 0 saturated heterocycles. The predicted molar refractivity (Wildman–Crippen MR) is 73.9 cm³/mol. The van der Waals surface area contributed by atoms with Gasteiger partial charge in [-0.2, -0.15) is 0 Å². The summed E-state index contributed by atoms with van der Waals surface area (Å²) in [5.74, 6) is 0.844. The zero-order valence-electron chi connectivity index (χ0n) is 10.3. The van der Waals surface area contributed by atoms with Crippen LogP contribution in [-0.4, -0.2) is 13.7 Å². The molecule has 0 aliphatic heterocycles. The fourth-order valence-electron chi connectivity index (χ4n) is 1.70. The van der Waals surface area contributed by atoms with E-state index in [-0.39, 0.29) is 6.10 Å². The molecule has 1 aromatic heterocycles. The van der Waals surface area contributed by atoms with Crippen LogP contribution in [0.3, 0.4) is 0 Å². The minimum Gasteiger partial charge on any atom is -0.497 e. The molecule has 0 radical (unpaired) electrons. The second-order valence-electron chi connectivity index (χ2n) is 3.90. The number of nitrogens with two attached hydrogens (primary N) is 1. The lowest BCUT2D eigenvalue weighted by Crippen LogP contribution is -2.14. The summed E-state index contributed by atoms with van der Waals surface area (Å²) in [4.78, 5) is 1.17. The highest BCUT2D eigenvalue weighted by atomic mass is 32.1. The Morgan fingerprint density at radius 3 is 2.83 bits per heavy atom. The maximum absolute atomic E-state index is 5.85. The Labute approximate surface area is 111 Å². The first-order chi connectivity index (χ1) is 8.83. The Hall–Kier alpha value is -1.36. The quantitative estimate of drug-likeness (QED) is 0.871. The maximum atomic E-state index is 5.85. The molecular weight excluding hydrogens is 246 g/mol. The van der Waals surface area contributed by atoms with Gasteiger partial charge in [0, 0.05) is 11.4 Å². The van der Waals surface area contributed by atoms with E-state index >= 15 is 0 Å². The molecule has 2 rings (SSSR count). The zero-order chi connectivity index (χ0) is 12.8. The summed E-state index contributed by atoms with van der Waals surface area (Å²) in [6.45, 7) is 1.03. The number of benzene rings is 1. The summed E-state index contributed by atoms with van der Waals surface area (Å²) in [7, 11) is 1.66. The highest BCUT2D eigenvalue weighted by molar-refractivity contribution is 7.10. The van der Waals surface area contributed by atoms with E-state index in [4.69, 9.17) is 15.2 Å². The normalized spacial score (nSPS) is 12.3. The lowest BCUT2D eigenvalue weighted by molar-refractivity contribution is 0.0479. The number of thiophene rings is 1. The Balaban J connectivity index is 1.97. The third kappa shape index (κ3) is 3.32. The van der Waals surface area contributed by atoms with Crippen LogP contribution in [0.4, 0.5) is 0 Å². The van der Waals surface area contributed by atoms with E-state index in [1.165, 1.54) is 4.88 Å². The molecule has 4 heteroatoms. The predicted octanol–water partition coefficient (Wildman–Crippen LogP) is 2.97. The fourth-order valence-corrected chi connectivity index (χ4v) is 2.49. The number of methoxy groups -OCH3 is 1. The summed E-state index contributed by atoms with van der Waals surface area (Å²) in [6.07, 6.45) is -0.0313. The number of hydrogen-bond donors (Lipinski definition) is 1. The first-order valence-electron chi connectivity index (χ1n) is 5.81. The Morgan fingerprint density at radius 1 is 1.28 bits per heavy atom. The summed E-state index contributed by atoms with van der Waals surface area (Å²) < 4.78 is 11.0. The molecule has 1 aromatic carbocycles. The number of rotatable bonds is 6. The largest absolute Gasteiger partial charge is 0.497 e. The van der Waals surface area contributed by atoms with Gasteiger partial charge in [0.1, 0.15) is 11.9 Å². The molecule has 3 nitrogen and oxygen atoms in total. The van der Waals surface area contributed by atoms with Crippen molar-refractivity contribution in [2.45, 2.75) is 12.7 Å². The minimum atomic E-state index is -0.0313. The molecule has 0 saturated carbocycles. The molecule has 0 fully saturated rings. The highest BCUT2D eigenvalue weighted by Crippen LogP contribution is 2.23. The van der Waals surface area contributed by atoms with Crippen molar-refractivity contribution in [2.75, 3.05) is 13.7 Å². The molecule has 18 heavy (non-hydrogen) atoms. The van der Waals surface area contributed by atoms with Crippen LogP contribution in [0.5, 0.6) is 5.75 Å². The third-order valence-electron chi connectivity index (χ3n) is 2.66. The monoisotopic (exact) mass is 263 g/mol. The van der Waals surface area contributed by atoms with Crippen LogP contribution in [0.2, 0.25) is 0 Å². The Morgan fingerprint density at radius 2 is 2.17 bits per heavy atom. The van der Waals surface area contributed by atoms with Gasteiger partial charge in [0.05, 0.1) is 13.7 Å². The van der Waals surface area contributed by atoms with Gasteiger partial charge in [-0.1, -0.05) is 18.2 Å². The van der Waals surface area contributed by atoms with Gasteiger partial charge in [0.15, 0.2) is 0 Å². The maximum Gasteiger partial charge on any atom is 0.119 e. The van der Waals surface area contributed by atoms with Crippen LogP contribution in [0.1, 0.15) is 16.5 Å². The molecule has 0 aliphatic rings. The van der Waals surface area contributed by atoms with Crippen molar-refractivity contribution in [3.63, 3.8) is 0 Å². The molecule has 1 heterocycles. The van der Waals surface area contributed by atoms with Gasteiger partial charge in [-0.05, 0) is 29.1 Å². The molecule has 96 valence electrons. The van der Waals surface area contributed by atoms with E-state index in [9.17, 15) is 0 Å². The lowest BCUT2D eigenvalue weighted by Gasteiger charge is -2.14. The van der Waals surface area contributed by atoms with Gasteiger partial charge < -0.3 is 15.2 Å². The van der Waals surface area contributed by atoms with Crippen LogP contribution in [0.15, 0.2) is 41.8 Å². The number of ether oxygens (including phenoxy) is 2. The van der Waals surface area contributed by atoms with Crippen LogP contribution in [-0.2, 0) is 11.3 Å². The van der Waals surface area contributed by atoms with Crippen molar-refractivity contribution >= 4 is 11.3 Å². The molecule has 0 spiro atoms. The lowest BCUT2D eigenvalue weighted by atomic mass is 10.2. The fraction of sp³-hybridized carbons (Fsp3) is 0.286. The minimum absolute atomic E-state index is 0.0313. The standard InChI is InChI=1S/C14H17NO2S/c1-16-12-5-2-4-11(8-12)10-17-13(9-15)14-6-3-7-18-14/h2-8,13H,9-10,15H2,1H3.